The highest BCUT2D eigenvalue weighted by Gasteiger charge is 2.29. The lowest BCUT2D eigenvalue weighted by Crippen LogP contribution is -2.11. The quantitative estimate of drug-likeness (QED) is 0.658. The highest BCUT2D eigenvalue weighted by atomic mass is 32.2. The molecule has 3 aromatic rings. The fraction of sp³-hybridized carbons (Fsp3) is 0.0556. The largest absolute Gasteiger partial charge is 0.313 e. The Morgan fingerprint density at radius 3 is 2.48 bits per heavy atom. The van der Waals surface area contributed by atoms with E-state index in [-0.39, 0.29) is 11.0 Å². The van der Waals surface area contributed by atoms with E-state index in [2.05, 4.69) is 12.1 Å². The van der Waals surface area contributed by atoms with Crippen molar-refractivity contribution < 1.29 is 4.79 Å². The minimum Gasteiger partial charge on any atom is -0.313 e. The third-order valence-electron chi connectivity index (χ3n) is 3.71. The molecule has 0 amide bonds. The Labute approximate surface area is 127 Å². The number of thioether (sulfide) groups is 1. The first-order valence-corrected chi connectivity index (χ1v) is 7.75. The van der Waals surface area contributed by atoms with Gasteiger partial charge in [0.05, 0.1) is 16.6 Å². The van der Waals surface area contributed by atoms with Crippen LogP contribution < -0.4 is 0 Å². The zero-order chi connectivity index (χ0) is 14.2. The number of rotatable bonds is 1. The van der Waals surface area contributed by atoms with Crippen LogP contribution in [0.2, 0.25) is 0 Å². The summed E-state index contributed by atoms with van der Waals surface area (Å²) in [6.07, 6.45) is 1.96. The minimum absolute atomic E-state index is 0.160. The van der Waals surface area contributed by atoms with Crippen molar-refractivity contribution in [2.45, 2.75) is 10.1 Å². The van der Waals surface area contributed by atoms with Crippen LogP contribution in [0.3, 0.4) is 0 Å². The number of Topliss-reactive ketones (excluding diaryl/α,β-unsaturated/α-hetero) is 1. The summed E-state index contributed by atoms with van der Waals surface area (Å²) in [6, 6.07) is 22.0. The summed E-state index contributed by atoms with van der Waals surface area (Å²) in [6.45, 7) is 0. The molecule has 2 heterocycles. The molecule has 1 atom stereocenters. The molecule has 2 nitrogen and oxygen atoms in total. The molecule has 3 heteroatoms. The normalized spacial score (nSPS) is 17.0. The van der Waals surface area contributed by atoms with Gasteiger partial charge in [0.2, 0.25) is 0 Å². The van der Waals surface area contributed by atoms with Crippen LogP contribution in [0.25, 0.3) is 5.69 Å². The van der Waals surface area contributed by atoms with E-state index in [1.54, 1.807) is 11.8 Å². The van der Waals surface area contributed by atoms with Crippen molar-refractivity contribution >= 4 is 17.5 Å². The van der Waals surface area contributed by atoms with Gasteiger partial charge < -0.3 is 4.57 Å². The number of para-hydroxylation sites is 1. The molecule has 0 unspecified atom stereocenters. The van der Waals surface area contributed by atoms with Crippen LogP contribution in [0, 0.1) is 0 Å². The maximum atomic E-state index is 12.9. The lowest BCUT2D eigenvalue weighted by molar-refractivity contribution is 0.0984. The van der Waals surface area contributed by atoms with Crippen LogP contribution in [0.15, 0.2) is 77.8 Å². The SMILES string of the molecule is O=C1c2cccn2-c2ccccc2S[C@H]1c1ccccc1. The number of carbonyl (C=O) groups excluding carboxylic acids is 1. The summed E-state index contributed by atoms with van der Waals surface area (Å²) >= 11 is 1.63. The lowest BCUT2D eigenvalue weighted by Gasteiger charge is -2.13. The van der Waals surface area contributed by atoms with Gasteiger partial charge in [-0.15, -0.1) is 11.8 Å². The lowest BCUT2D eigenvalue weighted by atomic mass is 10.1. The second-order valence-corrected chi connectivity index (χ2v) is 6.15. The molecule has 4 rings (SSSR count). The zero-order valence-electron chi connectivity index (χ0n) is 11.3. The molecule has 0 radical (unpaired) electrons. The highest BCUT2D eigenvalue weighted by Crippen LogP contribution is 2.43. The topological polar surface area (TPSA) is 22.0 Å². The smallest absolute Gasteiger partial charge is 0.197 e. The van der Waals surface area contributed by atoms with E-state index in [0.29, 0.717) is 0 Å². The second-order valence-electron chi connectivity index (χ2n) is 5.00. The molecule has 21 heavy (non-hydrogen) atoms. The molecule has 0 bridgehead atoms. The summed E-state index contributed by atoms with van der Waals surface area (Å²) in [5.74, 6) is 0.160. The van der Waals surface area contributed by atoms with E-state index >= 15 is 0 Å². The molecule has 0 aliphatic carbocycles. The first-order valence-electron chi connectivity index (χ1n) is 6.87. The Morgan fingerprint density at radius 2 is 1.62 bits per heavy atom. The zero-order valence-corrected chi connectivity index (χ0v) is 12.1. The number of aromatic nitrogens is 1. The number of carbonyl (C=O) groups is 1. The molecular weight excluding hydrogens is 278 g/mol. The Balaban J connectivity index is 1.93. The fourth-order valence-electron chi connectivity index (χ4n) is 2.71. The Kier molecular flexibility index (Phi) is 2.93. The van der Waals surface area contributed by atoms with E-state index in [4.69, 9.17) is 0 Å². The average Bonchev–Trinajstić information content (AvgIpc) is 2.98. The number of nitrogens with zero attached hydrogens (tertiary/aromatic N) is 1. The molecule has 102 valence electrons. The average molecular weight is 291 g/mol. The minimum atomic E-state index is -0.191. The van der Waals surface area contributed by atoms with Crippen LogP contribution in [0.5, 0.6) is 0 Å². The Hall–Kier alpha value is -2.26. The molecule has 0 spiro atoms. The van der Waals surface area contributed by atoms with Gasteiger partial charge in [0.15, 0.2) is 5.78 Å². The van der Waals surface area contributed by atoms with E-state index in [1.165, 1.54) is 0 Å². The van der Waals surface area contributed by atoms with Gasteiger partial charge in [0.25, 0.3) is 0 Å². The van der Waals surface area contributed by atoms with Gasteiger partial charge in [-0.1, -0.05) is 42.5 Å². The van der Waals surface area contributed by atoms with Crippen LogP contribution in [-0.2, 0) is 0 Å². The second kappa shape index (κ2) is 4.93. The maximum Gasteiger partial charge on any atom is 0.197 e. The molecule has 1 aromatic heterocycles. The number of benzene rings is 2. The van der Waals surface area contributed by atoms with E-state index in [1.807, 2.05) is 65.4 Å². The van der Waals surface area contributed by atoms with E-state index in [9.17, 15) is 4.79 Å². The Bertz CT molecular complexity index is 807. The summed E-state index contributed by atoms with van der Waals surface area (Å²) in [7, 11) is 0. The van der Waals surface area contributed by atoms with Crippen molar-refractivity contribution in [1.82, 2.24) is 4.57 Å². The first kappa shape index (κ1) is 12.5. The Morgan fingerprint density at radius 1 is 0.857 bits per heavy atom. The predicted molar refractivity (Wildman–Crippen MR) is 85.1 cm³/mol. The molecule has 1 aliphatic heterocycles. The van der Waals surface area contributed by atoms with Crippen molar-refractivity contribution in [1.29, 1.82) is 0 Å². The highest BCUT2D eigenvalue weighted by molar-refractivity contribution is 8.00. The fourth-order valence-corrected chi connectivity index (χ4v) is 3.93. The summed E-state index contributed by atoms with van der Waals surface area (Å²) in [4.78, 5) is 14.1. The number of hydrogen-bond acceptors (Lipinski definition) is 2. The third kappa shape index (κ3) is 2.01. The molecule has 0 N–H and O–H groups in total. The molecule has 1 aliphatic rings. The van der Waals surface area contributed by atoms with Crippen molar-refractivity contribution in [3.8, 4) is 5.69 Å². The van der Waals surface area contributed by atoms with Gasteiger partial charge in [-0.25, -0.2) is 0 Å². The van der Waals surface area contributed by atoms with Crippen LogP contribution >= 0.6 is 11.8 Å². The van der Waals surface area contributed by atoms with Crippen LogP contribution in [0.4, 0.5) is 0 Å². The van der Waals surface area contributed by atoms with Crippen molar-refractivity contribution in [3.63, 3.8) is 0 Å². The molecular formula is C18H13NOS. The van der Waals surface area contributed by atoms with E-state index < -0.39 is 0 Å². The molecule has 0 saturated carbocycles. The number of hydrogen-bond donors (Lipinski definition) is 0. The molecule has 0 saturated heterocycles. The molecule has 2 aromatic carbocycles. The van der Waals surface area contributed by atoms with Crippen LogP contribution in [-0.4, -0.2) is 10.4 Å². The summed E-state index contributed by atoms with van der Waals surface area (Å²) in [5.41, 5.74) is 2.88. The van der Waals surface area contributed by atoms with Crippen molar-refractivity contribution in [2.75, 3.05) is 0 Å². The standard InChI is InChI=1S/C18H13NOS/c20-17-15-10-6-12-19(15)14-9-4-5-11-16(14)21-18(17)13-7-2-1-3-8-13/h1-12,18H/t18-/m0/s1. The van der Waals surface area contributed by atoms with Gasteiger partial charge >= 0.3 is 0 Å². The summed E-state index contributed by atoms with van der Waals surface area (Å²) < 4.78 is 1.99. The van der Waals surface area contributed by atoms with E-state index in [0.717, 1.165) is 21.8 Å². The molecule has 0 fully saturated rings. The van der Waals surface area contributed by atoms with Crippen LogP contribution in [0.1, 0.15) is 21.3 Å². The third-order valence-corrected chi connectivity index (χ3v) is 5.03. The van der Waals surface area contributed by atoms with Crippen molar-refractivity contribution in [2.24, 2.45) is 0 Å². The van der Waals surface area contributed by atoms with Gasteiger partial charge in [0.1, 0.15) is 0 Å². The van der Waals surface area contributed by atoms with Gasteiger partial charge in [-0.05, 0) is 29.8 Å². The van der Waals surface area contributed by atoms with Crippen molar-refractivity contribution in [3.05, 3.63) is 84.2 Å². The van der Waals surface area contributed by atoms with Gasteiger partial charge in [0, 0.05) is 11.1 Å². The monoisotopic (exact) mass is 291 g/mol. The predicted octanol–water partition coefficient (Wildman–Crippen LogP) is 4.51. The number of fused-ring (bicyclic) bond motifs is 3. The van der Waals surface area contributed by atoms with Gasteiger partial charge in [-0.2, -0.15) is 0 Å². The summed E-state index contributed by atoms with van der Waals surface area (Å²) in [5, 5.41) is -0.191. The van der Waals surface area contributed by atoms with Gasteiger partial charge in [-0.3, -0.25) is 4.79 Å². The first-order chi connectivity index (χ1) is 10.3. The number of ketones is 1. The maximum absolute atomic E-state index is 12.9.